The van der Waals surface area contributed by atoms with Crippen LogP contribution < -0.4 is 20.3 Å². The molecular formula is C21H26N6O. The summed E-state index contributed by atoms with van der Waals surface area (Å²) in [4.78, 5) is 6.78. The first kappa shape index (κ1) is 19.4. The van der Waals surface area contributed by atoms with Gasteiger partial charge >= 0.3 is 0 Å². The first-order valence-electron chi connectivity index (χ1n) is 9.40. The highest BCUT2D eigenvalue weighted by Crippen LogP contribution is 2.20. The Morgan fingerprint density at radius 2 is 1.68 bits per heavy atom. The zero-order valence-corrected chi connectivity index (χ0v) is 16.5. The lowest BCUT2D eigenvalue weighted by molar-refractivity contribution is 0.414. The van der Waals surface area contributed by atoms with Crippen LogP contribution in [-0.4, -0.2) is 35.4 Å². The van der Waals surface area contributed by atoms with E-state index in [9.17, 15) is 0 Å². The normalized spacial score (nSPS) is 10.4. The van der Waals surface area contributed by atoms with Crippen LogP contribution in [0.5, 0.6) is 5.75 Å². The van der Waals surface area contributed by atoms with Crippen LogP contribution in [-0.2, 0) is 6.54 Å². The summed E-state index contributed by atoms with van der Waals surface area (Å²) < 4.78 is 5.17. The lowest BCUT2D eigenvalue weighted by atomic mass is 10.2. The largest absolute Gasteiger partial charge is 0.497 e. The van der Waals surface area contributed by atoms with Gasteiger partial charge in [-0.2, -0.15) is 10.1 Å². The molecule has 0 atom stereocenters. The molecule has 0 radical (unpaired) electrons. The highest BCUT2D eigenvalue weighted by atomic mass is 16.5. The van der Waals surface area contributed by atoms with Gasteiger partial charge in [-0.1, -0.05) is 12.1 Å². The van der Waals surface area contributed by atoms with Gasteiger partial charge in [0.05, 0.1) is 13.3 Å². The monoisotopic (exact) mass is 378 g/mol. The second-order valence-electron chi connectivity index (χ2n) is 6.21. The van der Waals surface area contributed by atoms with Gasteiger partial charge in [0.2, 0.25) is 5.95 Å². The van der Waals surface area contributed by atoms with Crippen molar-refractivity contribution in [3.05, 3.63) is 60.3 Å². The molecule has 2 aromatic carbocycles. The van der Waals surface area contributed by atoms with E-state index in [4.69, 9.17) is 4.74 Å². The van der Waals surface area contributed by atoms with E-state index in [0.29, 0.717) is 18.3 Å². The molecule has 7 nitrogen and oxygen atoms in total. The molecule has 0 spiro atoms. The maximum atomic E-state index is 5.17. The zero-order valence-electron chi connectivity index (χ0n) is 16.5. The van der Waals surface area contributed by atoms with E-state index < -0.39 is 0 Å². The van der Waals surface area contributed by atoms with Gasteiger partial charge in [-0.15, -0.1) is 5.10 Å². The van der Waals surface area contributed by atoms with Crippen molar-refractivity contribution in [1.82, 2.24) is 15.2 Å². The molecule has 146 valence electrons. The highest BCUT2D eigenvalue weighted by Gasteiger charge is 2.04. The minimum absolute atomic E-state index is 0.473. The molecule has 1 heterocycles. The van der Waals surface area contributed by atoms with Gasteiger partial charge < -0.3 is 20.3 Å². The van der Waals surface area contributed by atoms with Gasteiger partial charge in [-0.3, -0.25) is 0 Å². The number of nitrogens with one attached hydrogen (secondary N) is 2. The van der Waals surface area contributed by atoms with Crippen molar-refractivity contribution in [1.29, 1.82) is 0 Å². The quantitative estimate of drug-likeness (QED) is 0.581. The lowest BCUT2D eigenvalue weighted by Gasteiger charge is -2.21. The van der Waals surface area contributed by atoms with E-state index in [1.807, 2.05) is 36.4 Å². The number of anilines is 4. The SMILES string of the molecule is CCN(CC)c1ccc(Nc2cnnc(NCc3ccc(OC)cc3)n2)cc1. The van der Waals surface area contributed by atoms with Crippen LogP contribution in [0.15, 0.2) is 54.7 Å². The van der Waals surface area contributed by atoms with Crippen molar-refractivity contribution in [2.45, 2.75) is 20.4 Å². The molecule has 0 unspecified atom stereocenters. The minimum atomic E-state index is 0.473. The summed E-state index contributed by atoms with van der Waals surface area (Å²) in [5.41, 5.74) is 3.27. The minimum Gasteiger partial charge on any atom is -0.497 e. The molecule has 2 N–H and O–H groups in total. The Balaban J connectivity index is 1.61. The summed E-state index contributed by atoms with van der Waals surface area (Å²) in [5.74, 6) is 1.95. The third-order valence-corrected chi connectivity index (χ3v) is 4.44. The fraction of sp³-hybridized carbons (Fsp3) is 0.286. The summed E-state index contributed by atoms with van der Waals surface area (Å²) >= 11 is 0. The summed E-state index contributed by atoms with van der Waals surface area (Å²) in [6, 6.07) is 16.1. The van der Waals surface area contributed by atoms with Crippen molar-refractivity contribution >= 4 is 23.1 Å². The van der Waals surface area contributed by atoms with Crippen molar-refractivity contribution in [3.63, 3.8) is 0 Å². The molecule has 0 saturated carbocycles. The third kappa shape index (κ3) is 5.09. The molecule has 0 bridgehead atoms. The van der Waals surface area contributed by atoms with Gasteiger partial charge in [0.25, 0.3) is 0 Å². The number of aromatic nitrogens is 3. The van der Waals surface area contributed by atoms with Gasteiger partial charge in [-0.05, 0) is 55.8 Å². The molecular weight excluding hydrogens is 352 g/mol. The fourth-order valence-corrected chi connectivity index (χ4v) is 2.86. The Hall–Kier alpha value is -3.35. The molecule has 0 saturated heterocycles. The Kier molecular flexibility index (Phi) is 6.62. The third-order valence-electron chi connectivity index (χ3n) is 4.44. The van der Waals surface area contributed by atoms with Gasteiger partial charge in [0.1, 0.15) is 5.75 Å². The Morgan fingerprint density at radius 3 is 2.32 bits per heavy atom. The van der Waals surface area contributed by atoms with Crippen LogP contribution >= 0.6 is 0 Å². The predicted octanol–water partition coefficient (Wildman–Crippen LogP) is 4.08. The number of nitrogens with zero attached hydrogens (tertiary/aromatic N) is 4. The molecule has 3 rings (SSSR count). The van der Waals surface area contributed by atoms with Crippen molar-refractivity contribution in [2.75, 3.05) is 35.7 Å². The maximum absolute atomic E-state index is 5.17. The highest BCUT2D eigenvalue weighted by molar-refractivity contribution is 5.60. The van der Waals surface area contributed by atoms with Gasteiger partial charge in [0.15, 0.2) is 5.82 Å². The van der Waals surface area contributed by atoms with Crippen LogP contribution in [0, 0.1) is 0 Å². The van der Waals surface area contributed by atoms with Crippen LogP contribution in [0.3, 0.4) is 0 Å². The predicted molar refractivity (Wildman–Crippen MR) is 113 cm³/mol. The van der Waals surface area contributed by atoms with Gasteiger partial charge in [0, 0.05) is 31.0 Å². The van der Waals surface area contributed by atoms with Crippen molar-refractivity contribution in [3.8, 4) is 5.75 Å². The topological polar surface area (TPSA) is 75.2 Å². The van der Waals surface area contributed by atoms with Crippen molar-refractivity contribution in [2.24, 2.45) is 0 Å². The molecule has 3 aromatic rings. The number of hydrogen-bond donors (Lipinski definition) is 2. The molecule has 28 heavy (non-hydrogen) atoms. The summed E-state index contributed by atoms with van der Waals surface area (Å²) in [5, 5.41) is 14.5. The average molecular weight is 378 g/mol. The Morgan fingerprint density at radius 1 is 0.964 bits per heavy atom. The molecule has 0 aliphatic heterocycles. The van der Waals surface area contributed by atoms with Crippen molar-refractivity contribution < 1.29 is 4.74 Å². The fourth-order valence-electron chi connectivity index (χ4n) is 2.86. The molecule has 7 heteroatoms. The Bertz CT molecular complexity index is 863. The lowest BCUT2D eigenvalue weighted by Crippen LogP contribution is -2.21. The van der Waals surface area contributed by atoms with E-state index in [1.165, 1.54) is 5.69 Å². The first-order chi connectivity index (χ1) is 13.7. The molecule has 0 amide bonds. The van der Waals surface area contributed by atoms with Crippen LogP contribution in [0.4, 0.5) is 23.1 Å². The number of benzene rings is 2. The Labute approximate surface area is 165 Å². The number of ether oxygens (including phenoxy) is 1. The standard InChI is InChI=1S/C21H26N6O/c1-4-27(5-2)18-10-8-17(9-11-18)24-20-15-23-26-21(25-20)22-14-16-6-12-19(28-3)13-7-16/h6-13,15H,4-5,14H2,1-3H3,(H2,22,24,25,26). The number of hydrogen-bond acceptors (Lipinski definition) is 7. The second-order valence-corrected chi connectivity index (χ2v) is 6.21. The smallest absolute Gasteiger partial charge is 0.244 e. The summed E-state index contributed by atoms with van der Waals surface area (Å²) in [6.45, 7) is 6.89. The van der Waals surface area contributed by atoms with E-state index in [2.05, 4.69) is 56.7 Å². The molecule has 0 aliphatic rings. The molecule has 1 aromatic heterocycles. The van der Waals surface area contributed by atoms with E-state index in [1.54, 1.807) is 13.3 Å². The summed E-state index contributed by atoms with van der Waals surface area (Å²) in [7, 11) is 1.66. The van der Waals surface area contributed by atoms with E-state index in [-0.39, 0.29) is 0 Å². The van der Waals surface area contributed by atoms with Crippen LogP contribution in [0.25, 0.3) is 0 Å². The summed E-state index contributed by atoms with van der Waals surface area (Å²) in [6.07, 6.45) is 1.61. The zero-order chi connectivity index (χ0) is 19.8. The van der Waals surface area contributed by atoms with E-state index in [0.717, 1.165) is 30.1 Å². The molecule has 0 fully saturated rings. The van der Waals surface area contributed by atoms with Crippen LogP contribution in [0.2, 0.25) is 0 Å². The number of methoxy groups -OCH3 is 1. The average Bonchev–Trinajstić information content (AvgIpc) is 2.75. The maximum Gasteiger partial charge on any atom is 0.244 e. The first-order valence-corrected chi connectivity index (χ1v) is 9.40. The second kappa shape index (κ2) is 9.55. The van der Waals surface area contributed by atoms with Crippen LogP contribution in [0.1, 0.15) is 19.4 Å². The van der Waals surface area contributed by atoms with E-state index >= 15 is 0 Å². The molecule has 0 aliphatic carbocycles. The van der Waals surface area contributed by atoms with Gasteiger partial charge in [-0.25, -0.2) is 0 Å². The number of rotatable bonds is 9.